The van der Waals surface area contributed by atoms with Gasteiger partial charge in [-0.25, -0.2) is 0 Å². The van der Waals surface area contributed by atoms with Crippen LogP contribution in [0.3, 0.4) is 0 Å². The largest absolute Gasteiger partial charge is 0.462 e. The second-order valence-electron chi connectivity index (χ2n) is 22.3. The van der Waals surface area contributed by atoms with Crippen LogP contribution in [0.4, 0.5) is 0 Å². The zero-order chi connectivity index (χ0) is 58.5. The lowest BCUT2D eigenvalue weighted by Crippen LogP contribution is -2.30. The van der Waals surface area contributed by atoms with Gasteiger partial charge in [-0.1, -0.05) is 309 Å². The number of carbonyl (C=O) groups excluding carboxylic acids is 3. The first-order chi connectivity index (χ1) is 40.0. The highest BCUT2D eigenvalue weighted by Crippen LogP contribution is 2.17. The lowest BCUT2D eigenvalue weighted by Gasteiger charge is -2.18. The Balaban J connectivity index is 4.10. The number of carbonyl (C=O) groups is 3. The molecule has 0 aliphatic heterocycles. The van der Waals surface area contributed by atoms with Crippen molar-refractivity contribution in [2.24, 2.45) is 0 Å². The van der Waals surface area contributed by atoms with Crippen molar-refractivity contribution in [1.29, 1.82) is 0 Å². The normalized spacial score (nSPS) is 12.9. The smallest absolute Gasteiger partial charge is 0.306 e. The molecule has 0 spiro atoms. The molecule has 1 atom stereocenters. The van der Waals surface area contributed by atoms with Gasteiger partial charge in [0.1, 0.15) is 13.2 Å². The lowest BCUT2D eigenvalue weighted by molar-refractivity contribution is -0.167. The molecule has 0 radical (unpaired) electrons. The maximum absolute atomic E-state index is 12.9. The highest BCUT2D eigenvalue weighted by atomic mass is 16.6. The SMILES string of the molecule is CC/C=C\C/C=C\C/C=C\C/C=C\C/C=C\CCCCCCCCCCCCCCCCCC(=O)OCC(COC(=O)CCCCCCCCC)OC(=O)CCCCCCCCCCC/C=C\C/C=C\C/C=C\C/C=C\C/C=C\CC. The van der Waals surface area contributed by atoms with Crippen LogP contribution in [0.1, 0.15) is 316 Å². The van der Waals surface area contributed by atoms with Gasteiger partial charge in [0.05, 0.1) is 0 Å². The molecule has 6 nitrogen and oxygen atoms in total. The van der Waals surface area contributed by atoms with E-state index in [-0.39, 0.29) is 31.1 Å². The summed E-state index contributed by atoms with van der Waals surface area (Å²) >= 11 is 0. The molecule has 0 N–H and O–H groups in total. The fourth-order valence-corrected chi connectivity index (χ4v) is 9.44. The Kier molecular flexibility index (Phi) is 64.8. The standard InChI is InChI=1S/C75H126O6/c1-4-7-10-13-16-18-20-22-24-26-28-30-32-34-35-36-37-38-39-41-42-44-46-48-50-52-54-56-59-62-65-68-74(77)80-71-72(70-79-73(76)67-64-61-58-15-12-9-6-3)81-75(78)69-66-63-60-57-55-53-51-49-47-45-43-40-33-31-29-27-25-23-21-19-17-14-11-8-5-2/h7-8,10-11,16-19,22-25,28-31,34-35,40,43,72H,4-6,9,12-15,20-21,26-27,32-33,36-39,41-42,44-71H2,1-3H3/b10-7-,11-8-,18-16-,19-17-,24-22-,25-23-,30-28-,31-29-,35-34-,43-40-. The fourth-order valence-electron chi connectivity index (χ4n) is 9.44. The Morgan fingerprint density at radius 2 is 0.481 bits per heavy atom. The molecule has 0 aliphatic carbocycles. The van der Waals surface area contributed by atoms with Crippen molar-refractivity contribution in [2.45, 2.75) is 322 Å². The molecular formula is C75H126O6. The average Bonchev–Trinajstić information content (AvgIpc) is 3.46. The number of hydrogen-bond acceptors (Lipinski definition) is 6. The van der Waals surface area contributed by atoms with E-state index in [1.807, 2.05) is 0 Å². The van der Waals surface area contributed by atoms with E-state index in [1.165, 1.54) is 148 Å². The van der Waals surface area contributed by atoms with Crippen LogP contribution in [-0.4, -0.2) is 37.2 Å². The monoisotopic (exact) mass is 1120 g/mol. The van der Waals surface area contributed by atoms with Gasteiger partial charge in [0.2, 0.25) is 0 Å². The first-order valence-corrected chi connectivity index (χ1v) is 34.0. The highest BCUT2D eigenvalue weighted by molar-refractivity contribution is 5.71. The van der Waals surface area contributed by atoms with Crippen molar-refractivity contribution in [3.8, 4) is 0 Å². The third kappa shape index (κ3) is 66.5. The number of rotatable bonds is 61. The van der Waals surface area contributed by atoms with E-state index in [2.05, 4.69) is 142 Å². The molecule has 0 saturated heterocycles. The molecule has 0 fully saturated rings. The van der Waals surface area contributed by atoms with Crippen LogP contribution in [0.15, 0.2) is 122 Å². The number of ether oxygens (including phenoxy) is 3. The highest BCUT2D eigenvalue weighted by Gasteiger charge is 2.19. The van der Waals surface area contributed by atoms with Gasteiger partial charge in [0.15, 0.2) is 6.10 Å². The van der Waals surface area contributed by atoms with Gasteiger partial charge in [0.25, 0.3) is 0 Å². The summed E-state index contributed by atoms with van der Waals surface area (Å²) in [6.07, 6.45) is 95.3. The molecule has 0 rings (SSSR count). The molecule has 0 bridgehead atoms. The second-order valence-corrected chi connectivity index (χ2v) is 22.3. The van der Waals surface area contributed by atoms with Crippen molar-refractivity contribution in [3.63, 3.8) is 0 Å². The van der Waals surface area contributed by atoms with Crippen LogP contribution in [0.25, 0.3) is 0 Å². The Morgan fingerprint density at radius 3 is 0.753 bits per heavy atom. The number of esters is 3. The Morgan fingerprint density at radius 1 is 0.259 bits per heavy atom. The van der Waals surface area contributed by atoms with E-state index in [4.69, 9.17) is 14.2 Å². The van der Waals surface area contributed by atoms with E-state index in [1.54, 1.807) is 0 Å². The van der Waals surface area contributed by atoms with E-state index >= 15 is 0 Å². The number of hydrogen-bond donors (Lipinski definition) is 0. The molecule has 0 amide bonds. The zero-order valence-corrected chi connectivity index (χ0v) is 53.0. The summed E-state index contributed by atoms with van der Waals surface area (Å²) in [4.78, 5) is 38.2. The fraction of sp³-hybridized carbons (Fsp3) is 0.693. The molecule has 0 aliphatic rings. The minimum Gasteiger partial charge on any atom is -0.462 e. The van der Waals surface area contributed by atoms with Crippen LogP contribution in [0, 0.1) is 0 Å². The van der Waals surface area contributed by atoms with Crippen LogP contribution >= 0.6 is 0 Å². The van der Waals surface area contributed by atoms with Gasteiger partial charge < -0.3 is 14.2 Å². The number of allylic oxidation sites excluding steroid dienone is 20. The molecule has 81 heavy (non-hydrogen) atoms. The molecule has 462 valence electrons. The Labute approximate surface area is 501 Å². The Bertz CT molecular complexity index is 1670. The third-order valence-corrected chi connectivity index (χ3v) is 14.5. The minimum atomic E-state index is -0.781. The van der Waals surface area contributed by atoms with Crippen LogP contribution in [0.5, 0.6) is 0 Å². The van der Waals surface area contributed by atoms with Gasteiger partial charge in [-0.15, -0.1) is 0 Å². The van der Waals surface area contributed by atoms with Gasteiger partial charge >= 0.3 is 17.9 Å². The molecule has 0 aromatic rings. The van der Waals surface area contributed by atoms with E-state index < -0.39 is 6.10 Å². The third-order valence-electron chi connectivity index (χ3n) is 14.5. The maximum Gasteiger partial charge on any atom is 0.306 e. The molecule has 0 heterocycles. The van der Waals surface area contributed by atoms with Crippen LogP contribution in [-0.2, 0) is 28.6 Å². The minimum absolute atomic E-state index is 0.0792. The van der Waals surface area contributed by atoms with Crippen molar-refractivity contribution >= 4 is 17.9 Å². The summed E-state index contributed by atoms with van der Waals surface area (Å²) in [5.41, 5.74) is 0. The molecule has 0 aromatic carbocycles. The molecule has 0 saturated carbocycles. The van der Waals surface area contributed by atoms with Gasteiger partial charge in [-0.3, -0.25) is 14.4 Å². The van der Waals surface area contributed by atoms with Crippen LogP contribution in [0.2, 0.25) is 0 Å². The average molecular weight is 1120 g/mol. The predicted octanol–water partition coefficient (Wildman–Crippen LogP) is 23.6. The summed E-state index contributed by atoms with van der Waals surface area (Å²) < 4.78 is 16.9. The van der Waals surface area contributed by atoms with Crippen molar-refractivity contribution in [3.05, 3.63) is 122 Å². The first-order valence-electron chi connectivity index (χ1n) is 34.0. The predicted molar refractivity (Wildman–Crippen MR) is 353 cm³/mol. The van der Waals surface area contributed by atoms with Crippen molar-refractivity contribution in [2.75, 3.05) is 13.2 Å². The summed E-state index contributed by atoms with van der Waals surface area (Å²) in [6, 6.07) is 0. The summed E-state index contributed by atoms with van der Waals surface area (Å²) in [6.45, 7) is 6.39. The lowest BCUT2D eigenvalue weighted by atomic mass is 10.0. The van der Waals surface area contributed by atoms with Gasteiger partial charge in [0, 0.05) is 19.3 Å². The molecular weight excluding hydrogens is 997 g/mol. The molecule has 6 heteroatoms. The molecule has 0 aromatic heterocycles. The van der Waals surface area contributed by atoms with Crippen LogP contribution < -0.4 is 0 Å². The summed E-state index contributed by atoms with van der Waals surface area (Å²) in [5, 5.41) is 0. The summed E-state index contributed by atoms with van der Waals surface area (Å²) in [5.74, 6) is -0.884. The van der Waals surface area contributed by atoms with Crippen molar-refractivity contribution in [1.82, 2.24) is 0 Å². The number of unbranched alkanes of at least 4 members (excludes halogenated alkanes) is 30. The van der Waals surface area contributed by atoms with E-state index in [0.29, 0.717) is 19.3 Å². The zero-order valence-electron chi connectivity index (χ0n) is 53.0. The van der Waals surface area contributed by atoms with E-state index in [0.717, 1.165) is 128 Å². The van der Waals surface area contributed by atoms with Gasteiger partial charge in [-0.2, -0.15) is 0 Å². The maximum atomic E-state index is 12.9. The van der Waals surface area contributed by atoms with Gasteiger partial charge in [-0.05, 0) is 109 Å². The van der Waals surface area contributed by atoms with Crippen molar-refractivity contribution < 1.29 is 28.6 Å². The van der Waals surface area contributed by atoms with E-state index in [9.17, 15) is 14.4 Å². The topological polar surface area (TPSA) is 78.9 Å². The molecule has 1 unspecified atom stereocenters. The summed E-state index contributed by atoms with van der Waals surface area (Å²) in [7, 11) is 0. The Hall–Kier alpha value is -4.19. The second kappa shape index (κ2) is 68.3. The first kappa shape index (κ1) is 76.8. The quantitative estimate of drug-likeness (QED) is 0.0261.